The second kappa shape index (κ2) is 4.57. The number of carbonyl (C=O) groups excluding carboxylic acids is 1. The SMILES string of the molecule is Cc1ccc(Br)cc1NC1CC(=O)N2CCCC12. The lowest BCUT2D eigenvalue weighted by molar-refractivity contribution is -0.127. The molecule has 0 aliphatic carbocycles. The van der Waals surface area contributed by atoms with E-state index in [0.717, 1.165) is 29.5 Å². The van der Waals surface area contributed by atoms with Crippen LogP contribution in [-0.4, -0.2) is 29.4 Å². The number of rotatable bonds is 2. The van der Waals surface area contributed by atoms with Gasteiger partial charge in [-0.1, -0.05) is 22.0 Å². The molecule has 1 aromatic rings. The fourth-order valence-corrected chi connectivity index (χ4v) is 3.42. The summed E-state index contributed by atoms with van der Waals surface area (Å²) in [5.41, 5.74) is 2.36. The van der Waals surface area contributed by atoms with Crippen LogP contribution in [0.2, 0.25) is 0 Å². The fraction of sp³-hybridized carbons (Fsp3) is 0.500. The van der Waals surface area contributed by atoms with E-state index in [9.17, 15) is 4.79 Å². The fourth-order valence-electron chi connectivity index (χ4n) is 3.06. The van der Waals surface area contributed by atoms with E-state index < -0.39 is 0 Å². The molecule has 2 unspecified atom stereocenters. The Bertz CT molecular complexity index is 489. The predicted molar refractivity (Wildman–Crippen MR) is 75.6 cm³/mol. The molecule has 0 radical (unpaired) electrons. The van der Waals surface area contributed by atoms with Gasteiger partial charge in [0.15, 0.2) is 0 Å². The molecule has 18 heavy (non-hydrogen) atoms. The maximum absolute atomic E-state index is 11.9. The summed E-state index contributed by atoms with van der Waals surface area (Å²) in [6, 6.07) is 6.90. The largest absolute Gasteiger partial charge is 0.379 e. The summed E-state index contributed by atoms with van der Waals surface area (Å²) in [5, 5.41) is 3.56. The number of nitrogens with one attached hydrogen (secondary N) is 1. The van der Waals surface area contributed by atoms with Crippen molar-refractivity contribution >= 4 is 27.5 Å². The van der Waals surface area contributed by atoms with E-state index in [4.69, 9.17) is 0 Å². The third-order valence-corrected chi connectivity index (χ3v) is 4.51. The highest BCUT2D eigenvalue weighted by Gasteiger charge is 2.42. The first-order valence-electron chi connectivity index (χ1n) is 6.47. The van der Waals surface area contributed by atoms with Gasteiger partial charge in [0.2, 0.25) is 5.91 Å². The Kier molecular flexibility index (Phi) is 3.06. The van der Waals surface area contributed by atoms with Crippen molar-refractivity contribution in [1.29, 1.82) is 0 Å². The van der Waals surface area contributed by atoms with E-state index in [2.05, 4.69) is 40.3 Å². The van der Waals surface area contributed by atoms with E-state index >= 15 is 0 Å². The van der Waals surface area contributed by atoms with Crippen LogP contribution < -0.4 is 5.32 Å². The third-order valence-electron chi connectivity index (χ3n) is 4.02. The second-order valence-electron chi connectivity index (χ2n) is 5.21. The van der Waals surface area contributed by atoms with Gasteiger partial charge in [0.1, 0.15) is 0 Å². The molecule has 3 nitrogen and oxygen atoms in total. The molecule has 0 spiro atoms. The number of anilines is 1. The smallest absolute Gasteiger partial charge is 0.225 e. The van der Waals surface area contributed by atoms with E-state index in [1.54, 1.807) is 0 Å². The monoisotopic (exact) mass is 308 g/mol. The summed E-state index contributed by atoms with van der Waals surface area (Å²) >= 11 is 3.50. The first-order valence-corrected chi connectivity index (χ1v) is 7.26. The Balaban J connectivity index is 1.80. The first kappa shape index (κ1) is 12.0. The summed E-state index contributed by atoms with van der Waals surface area (Å²) in [6.45, 7) is 3.04. The Morgan fingerprint density at radius 3 is 3.11 bits per heavy atom. The van der Waals surface area contributed by atoms with Crippen LogP contribution in [-0.2, 0) is 4.79 Å². The van der Waals surface area contributed by atoms with Crippen LogP contribution in [0.3, 0.4) is 0 Å². The zero-order valence-corrected chi connectivity index (χ0v) is 12.0. The van der Waals surface area contributed by atoms with Gasteiger partial charge in [0.05, 0.1) is 12.1 Å². The maximum Gasteiger partial charge on any atom is 0.225 e. The average molecular weight is 309 g/mol. The number of hydrogen-bond donors (Lipinski definition) is 1. The number of carbonyl (C=O) groups is 1. The number of nitrogens with zero attached hydrogens (tertiary/aromatic N) is 1. The standard InChI is InChI=1S/C14H17BrN2O/c1-9-4-5-10(15)7-11(9)16-12-8-14(18)17-6-2-3-13(12)17/h4-5,7,12-13,16H,2-3,6,8H2,1H3. The van der Waals surface area contributed by atoms with Crippen molar-refractivity contribution in [2.75, 3.05) is 11.9 Å². The Hall–Kier alpha value is -1.03. The molecule has 1 N–H and O–H groups in total. The Morgan fingerprint density at radius 2 is 2.28 bits per heavy atom. The van der Waals surface area contributed by atoms with E-state index in [0.29, 0.717) is 18.4 Å². The first-order chi connectivity index (χ1) is 8.65. The normalized spacial score (nSPS) is 26.6. The molecule has 0 saturated carbocycles. The number of benzene rings is 1. The van der Waals surface area contributed by atoms with Crippen molar-refractivity contribution in [3.05, 3.63) is 28.2 Å². The highest BCUT2D eigenvalue weighted by molar-refractivity contribution is 9.10. The van der Waals surface area contributed by atoms with Crippen molar-refractivity contribution in [1.82, 2.24) is 4.90 Å². The van der Waals surface area contributed by atoms with Gasteiger partial charge in [-0.2, -0.15) is 0 Å². The van der Waals surface area contributed by atoms with Crippen LogP contribution in [0.5, 0.6) is 0 Å². The molecule has 1 amide bonds. The lowest BCUT2D eigenvalue weighted by Gasteiger charge is -2.22. The highest BCUT2D eigenvalue weighted by atomic mass is 79.9. The summed E-state index contributed by atoms with van der Waals surface area (Å²) in [6.07, 6.45) is 2.92. The zero-order chi connectivity index (χ0) is 12.7. The van der Waals surface area contributed by atoms with Crippen molar-refractivity contribution in [2.24, 2.45) is 0 Å². The number of amides is 1. The Labute approximate surface area is 116 Å². The summed E-state index contributed by atoms with van der Waals surface area (Å²) < 4.78 is 1.07. The van der Waals surface area contributed by atoms with Gasteiger partial charge < -0.3 is 10.2 Å². The van der Waals surface area contributed by atoms with Crippen molar-refractivity contribution in [2.45, 2.75) is 38.3 Å². The molecule has 2 atom stereocenters. The third kappa shape index (κ3) is 2.03. The molecular weight excluding hydrogens is 292 g/mol. The molecule has 2 aliphatic heterocycles. The summed E-state index contributed by atoms with van der Waals surface area (Å²) in [4.78, 5) is 13.9. The lowest BCUT2D eigenvalue weighted by Crippen LogP contribution is -2.34. The molecule has 2 fully saturated rings. The highest BCUT2D eigenvalue weighted by Crippen LogP contribution is 2.32. The van der Waals surface area contributed by atoms with Gasteiger partial charge in [0, 0.05) is 23.1 Å². The molecule has 2 saturated heterocycles. The molecule has 0 aromatic heterocycles. The van der Waals surface area contributed by atoms with E-state index in [1.165, 1.54) is 5.56 Å². The van der Waals surface area contributed by atoms with Crippen LogP contribution in [0.15, 0.2) is 22.7 Å². The molecular formula is C14H17BrN2O. The van der Waals surface area contributed by atoms with Gasteiger partial charge in [-0.05, 0) is 37.5 Å². The van der Waals surface area contributed by atoms with Gasteiger partial charge >= 0.3 is 0 Å². The molecule has 96 valence electrons. The van der Waals surface area contributed by atoms with Gasteiger partial charge in [-0.25, -0.2) is 0 Å². The van der Waals surface area contributed by atoms with E-state index in [-0.39, 0.29) is 6.04 Å². The van der Waals surface area contributed by atoms with Gasteiger partial charge in [-0.3, -0.25) is 4.79 Å². The average Bonchev–Trinajstić information content (AvgIpc) is 2.90. The van der Waals surface area contributed by atoms with Crippen LogP contribution in [0.4, 0.5) is 5.69 Å². The number of hydrogen-bond acceptors (Lipinski definition) is 2. The van der Waals surface area contributed by atoms with E-state index in [1.807, 2.05) is 11.0 Å². The predicted octanol–water partition coefficient (Wildman–Crippen LogP) is 2.93. The minimum Gasteiger partial charge on any atom is -0.379 e. The van der Waals surface area contributed by atoms with Crippen molar-refractivity contribution in [3.63, 3.8) is 0 Å². The number of halogens is 1. The van der Waals surface area contributed by atoms with Crippen LogP contribution in [0, 0.1) is 6.92 Å². The number of fused-ring (bicyclic) bond motifs is 1. The maximum atomic E-state index is 11.9. The molecule has 3 rings (SSSR count). The quantitative estimate of drug-likeness (QED) is 0.911. The van der Waals surface area contributed by atoms with Crippen LogP contribution in [0.25, 0.3) is 0 Å². The van der Waals surface area contributed by atoms with Crippen LogP contribution >= 0.6 is 15.9 Å². The number of aryl methyl sites for hydroxylation is 1. The second-order valence-corrected chi connectivity index (χ2v) is 6.13. The minimum atomic E-state index is 0.271. The Morgan fingerprint density at radius 1 is 1.44 bits per heavy atom. The molecule has 1 aromatic carbocycles. The molecule has 0 bridgehead atoms. The topological polar surface area (TPSA) is 32.3 Å². The molecule has 2 aliphatic rings. The van der Waals surface area contributed by atoms with Gasteiger partial charge in [-0.15, -0.1) is 0 Å². The minimum absolute atomic E-state index is 0.271. The molecule has 4 heteroatoms. The van der Waals surface area contributed by atoms with Crippen molar-refractivity contribution < 1.29 is 4.79 Å². The summed E-state index contributed by atoms with van der Waals surface area (Å²) in [7, 11) is 0. The van der Waals surface area contributed by atoms with Gasteiger partial charge in [0.25, 0.3) is 0 Å². The molecule has 2 heterocycles. The zero-order valence-electron chi connectivity index (χ0n) is 10.4. The summed E-state index contributed by atoms with van der Waals surface area (Å²) in [5.74, 6) is 0.308. The van der Waals surface area contributed by atoms with Crippen LogP contribution in [0.1, 0.15) is 24.8 Å². The van der Waals surface area contributed by atoms with Crippen molar-refractivity contribution in [3.8, 4) is 0 Å². The lowest BCUT2D eigenvalue weighted by atomic mass is 10.1.